The minimum Gasteiger partial charge on any atom is -0.494 e. The van der Waals surface area contributed by atoms with Crippen LogP contribution in [0.1, 0.15) is 50.0 Å². The molecule has 0 aliphatic carbocycles. The van der Waals surface area contributed by atoms with E-state index in [9.17, 15) is 9.59 Å². The van der Waals surface area contributed by atoms with Crippen LogP contribution in [0.2, 0.25) is 0 Å². The smallest absolute Gasteiger partial charge is 0.270 e. The number of imidazole rings is 1. The molecule has 192 valence electrons. The van der Waals surface area contributed by atoms with Crippen molar-refractivity contribution < 1.29 is 14.3 Å². The van der Waals surface area contributed by atoms with Crippen LogP contribution in [0.3, 0.4) is 0 Å². The van der Waals surface area contributed by atoms with Gasteiger partial charge in [-0.15, -0.1) is 0 Å². The van der Waals surface area contributed by atoms with Crippen LogP contribution in [0.15, 0.2) is 48.8 Å². The molecule has 37 heavy (non-hydrogen) atoms. The number of amides is 2. The van der Waals surface area contributed by atoms with Crippen molar-refractivity contribution in [3.8, 4) is 5.75 Å². The molecule has 5 rings (SSSR count). The molecule has 2 aromatic heterocycles. The van der Waals surface area contributed by atoms with Gasteiger partial charge in [-0.2, -0.15) is 5.10 Å². The molecule has 0 spiro atoms. The molecule has 0 bridgehead atoms. The van der Waals surface area contributed by atoms with Gasteiger partial charge in [0.05, 0.1) is 24.6 Å². The third kappa shape index (κ3) is 4.45. The first kappa shape index (κ1) is 24.5. The van der Waals surface area contributed by atoms with Crippen molar-refractivity contribution in [2.75, 3.05) is 20.2 Å². The van der Waals surface area contributed by atoms with Crippen LogP contribution in [-0.2, 0) is 14.1 Å². The molecule has 1 aliphatic heterocycles. The fraction of sp³-hybridized carbons (Fsp3) is 0.357. The van der Waals surface area contributed by atoms with Crippen LogP contribution in [0.25, 0.3) is 11.0 Å². The molecule has 1 N–H and O–H groups in total. The topological polar surface area (TPSA) is 94.3 Å². The van der Waals surface area contributed by atoms with E-state index < -0.39 is 0 Å². The molecule has 1 fully saturated rings. The van der Waals surface area contributed by atoms with Gasteiger partial charge in [0.1, 0.15) is 17.0 Å². The normalized spacial score (nSPS) is 17.7. The zero-order chi connectivity index (χ0) is 26.3. The molecule has 0 saturated carbocycles. The molecule has 4 aromatic rings. The predicted molar refractivity (Wildman–Crippen MR) is 141 cm³/mol. The number of hydrogen-bond acceptors (Lipinski definition) is 5. The third-order valence-corrected chi connectivity index (χ3v) is 7.44. The standard InChI is InChI=1S/C28H32N6O3/c1-17-18(2)31-33(4)26(17)27(35)30-22-11-12-34(15-21(22)19-9-7-6-8-10-19)28(36)20-13-23-25(24(14-20)37-5)29-16-32(23)3/h6-10,13-14,16,21-22H,11-12,15H2,1-5H3,(H,30,35)/t21-,22-/m1/s1. The lowest BCUT2D eigenvalue weighted by molar-refractivity contribution is 0.0670. The lowest BCUT2D eigenvalue weighted by atomic mass is 9.85. The van der Waals surface area contributed by atoms with E-state index >= 15 is 0 Å². The van der Waals surface area contributed by atoms with E-state index in [0.29, 0.717) is 36.5 Å². The Kier molecular flexibility index (Phi) is 6.45. The lowest BCUT2D eigenvalue weighted by Crippen LogP contribution is -2.51. The third-order valence-electron chi connectivity index (χ3n) is 7.44. The Morgan fingerprint density at radius 2 is 1.86 bits per heavy atom. The van der Waals surface area contributed by atoms with Gasteiger partial charge in [0, 0.05) is 50.3 Å². The van der Waals surface area contributed by atoms with Crippen LogP contribution in [0.4, 0.5) is 0 Å². The first-order valence-corrected chi connectivity index (χ1v) is 12.4. The fourth-order valence-corrected chi connectivity index (χ4v) is 5.33. The molecule has 9 nitrogen and oxygen atoms in total. The molecule has 0 radical (unpaired) electrons. The van der Waals surface area contributed by atoms with Gasteiger partial charge in [0.15, 0.2) is 0 Å². The summed E-state index contributed by atoms with van der Waals surface area (Å²) in [6, 6.07) is 13.6. The number of hydrogen-bond donors (Lipinski definition) is 1. The number of rotatable bonds is 5. The quantitative estimate of drug-likeness (QED) is 0.454. The SMILES string of the molecule is COc1cc(C(=O)N2CC[C@@H](NC(=O)c3c(C)c(C)nn3C)[C@@H](c3ccccc3)C2)cc2c1ncn2C. The Morgan fingerprint density at radius 3 is 2.54 bits per heavy atom. The Labute approximate surface area is 216 Å². The van der Waals surface area contributed by atoms with Crippen LogP contribution in [-0.4, -0.2) is 62.3 Å². The second-order valence-corrected chi connectivity index (χ2v) is 9.72. The van der Waals surface area contributed by atoms with Crippen molar-refractivity contribution in [2.24, 2.45) is 14.1 Å². The maximum absolute atomic E-state index is 13.7. The summed E-state index contributed by atoms with van der Waals surface area (Å²) >= 11 is 0. The highest BCUT2D eigenvalue weighted by atomic mass is 16.5. The van der Waals surface area contributed by atoms with E-state index in [1.807, 2.05) is 54.6 Å². The summed E-state index contributed by atoms with van der Waals surface area (Å²) in [5.74, 6) is 0.313. The number of carbonyl (C=O) groups excluding carboxylic acids is 2. The first-order chi connectivity index (χ1) is 17.8. The van der Waals surface area contributed by atoms with Crippen molar-refractivity contribution in [3.63, 3.8) is 0 Å². The number of nitrogens with one attached hydrogen (secondary N) is 1. The zero-order valence-electron chi connectivity index (χ0n) is 21.9. The minimum atomic E-state index is -0.141. The average molecular weight is 501 g/mol. The van der Waals surface area contributed by atoms with Gasteiger partial charge in [-0.3, -0.25) is 14.3 Å². The highest BCUT2D eigenvalue weighted by molar-refractivity contribution is 5.99. The second kappa shape index (κ2) is 9.72. The van der Waals surface area contributed by atoms with Gasteiger partial charge in [-0.1, -0.05) is 30.3 Å². The van der Waals surface area contributed by atoms with Gasteiger partial charge in [0.25, 0.3) is 11.8 Å². The van der Waals surface area contributed by atoms with Crippen molar-refractivity contribution in [2.45, 2.75) is 32.2 Å². The van der Waals surface area contributed by atoms with Crippen LogP contribution < -0.4 is 10.1 Å². The average Bonchev–Trinajstić information content (AvgIpc) is 3.41. The zero-order valence-corrected chi connectivity index (χ0v) is 21.9. The summed E-state index contributed by atoms with van der Waals surface area (Å²) in [6.07, 6.45) is 2.35. The maximum atomic E-state index is 13.7. The highest BCUT2D eigenvalue weighted by Gasteiger charge is 2.35. The first-order valence-electron chi connectivity index (χ1n) is 12.4. The van der Waals surface area contributed by atoms with Crippen molar-refractivity contribution in [1.29, 1.82) is 0 Å². The number of nitrogens with zero attached hydrogens (tertiary/aromatic N) is 5. The van der Waals surface area contributed by atoms with E-state index in [1.54, 1.807) is 31.2 Å². The Bertz CT molecular complexity index is 1470. The largest absolute Gasteiger partial charge is 0.494 e. The number of likely N-dealkylation sites (tertiary alicyclic amines) is 1. The number of piperidine rings is 1. The summed E-state index contributed by atoms with van der Waals surface area (Å²) in [5, 5.41) is 7.65. The highest BCUT2D eigenvalue weighted by Crippen LogP contribution is 2.31. The minimum absolute atomic E-state index is 0.0557. The van der Waals surface area contributed by atoms with Gasteiger partial charge in [-0.05, 0) is 38.0 Å². The number of benzene rings is 2. The summed E-state index contributed by atoms with van der Waals surface area (Å²) in [4.78, 5) is 33.3. The van der Waals surface area contributed by atoms with E-state index in [-0.39, 0.29) is 23.8 Å². The van der Waals surface area contributed by atoms with E-state index in [2.05, 4.69) is 27.5 Å². The molecular formula is C28H32N6O3. The van der Waals surface area contributed by atoms with E-state index in [4.69, 9.17) is 4.74 Å². The molecule has 1 saturated heterocycles. The van der Waals surface area contributed by atoms with E-state index in [1.165, 1.54) is 0 Å². The molecule has 0 unspecified atom stereocenters. The van der Waals surface area contributed by atoms with Crippen LogP contribution in [0, 0.1) is 13.8 Å². The Morgan fingerprint density at radius 1 is 1.11 bits per heavy atom. The summed E-state index contributed by atoms with van der Waals surface area (Å²) in [5.41, 5.74) is 5.50. The number of carbonyl (C=O) groups is 2. The van der Waals surface area contributed by atoms with Gasteiger partial charge < -0.3 is 19.5 Å². The van der Waals surface area contributed by atoms with Crippen LogP contribution >= 0.6 is 0 Å². The number of aromatic nitrogens is 4. The molecule has 9 heteroatoms. The molecule has 2 amide bonds. The lowest BCUT2D eigenvalue weighted by Gasteiger charge is -2.39. The van der Waals surface area contributed by atoms with Crippen molar-refractivity contribution >= 4 is 22.8 Å². The van der Waals surface area contributed by atoms with Gasteiger partial charge in [0.2, 0.25) is 0 Å². The molecule has 1 aliphatic rings. The monoisotopic (exact) mass is 500 g/mol. The Balaban J connectivity index is 1.43. The van der Waals surface area contributed by atoms with Crippen molar-refractivity contribution in [1.82, 2.24) is 29.5 Å². The molecular weight excluding hydrogens is 468 g/mol. The molecule has 2 aromatic carbocycles. The number of ether oxygens (including phenoxy) is 1. The number of methoxy groups -OCH3 is 1. The number of aryl methyl sites for hydroxylation is 3. The maximum Gasteiger partial charge on any atom is 0.270 e. The van der Waals surface area contributed by atoms with Crippen LogP contribution in [0.5, 0.6) is 5.75 Å². The molecule has 3 heterocycles. The van der Waals surface area contributed by atoms with Gasteiger partial charge >= 0.3 is 0 Å². The van der Waals surface area contributed by atoms with Gasteiger partial charge in [-0.25, -0.2) is 4.98 Å². The predicted octanol–water partition coefficient (Wildman–Crippen LogP) is 3.36. The van der Waals surface area contributed by atoms with Crippen molar-refractivity contribution in [3.05, 3.63) is 76.9 Å². The second-order valence-electron chi connectivity index (χ2n) is 9.72. The Hall–Kier alpha value is -4.14. The fourth-order valence-electron chi connectivity index (χ4n) is 5.33. The summed E-state index contributed by atoms with van der Waals surface area (Å²) in [7, 11) is 5.27. The summed E-state index contributed by atoms with van der Waals surface area (Å²) in [6.45, 7) is 4.84. The molecule has 2 atom stereocenters. The van der Waals surface area contributed by atoms with E-state index in [0.717, 1.165) is 27.9 Å². The number of fused-ring (bicyclic) bond motifs is 1. The summed E-state index contributed by atoms with van der Waals surface area (Å²) < 4.78 is 9.05.